The van der Waals surface area contributed by atoms with Gasteiger partial charge in [0, 0.05) is 24.0 Å². The maximum absolute atomic E-state index is 13.2. The fraction of sp³-hybridized carbons (Fsp3) is 0.267. The van der Waals surface area contributed by atoms with Crippen LogP contribution in [0.2, 0.25) is 0 Å². The minimum absolute atomic E-state index is 0.0679. The number of amides is 2. The molecule has 1 aliphatic heterocycles. The lowest BCUT2D eigenvalue weighted by Gasteiger charge is -2.38. The van der Waals surface area contributed by atoms with Crippen LogP contribution in [0.5, 0.6) is 0 Å². The van der Waals surface area contributed by atoms with E-state index in [1.54, 1.807) is 0 Å². The van der Waals surface area contributed by atoms with Gasteiger partial charge in [0.25, 0.3) is 5.91 Å². The predicted octanol–water partition coefficient (Wildman–Crippen LogP) is 2.44. The van der Waals surface area contributed by atoms with Crippen molar-refractivity contribution in [3.05, 3.63) is 46.5 Å². The smallest absolute Gasteiger partial charge is 0.254 e. The Morgan fingerprint density at radius 3 is 2.65 bits per heavy atom. The number of nitrogens with one attached hydrogen (secondary N) is 1. The molecule has 1 saturated heterocycles. The summed E-state index contributed by atoms with van der Waals surface area (Å²) in [6.07, 6.45) is 0. The molecule has 1 fully saturated rings. The molecule has 8 heteroatoms. The van der Waals surface area contributed by atoms with Crippen LogP contribution >= 0.6 is 11.3 Å². The number of hydrogen-bond acceptors (Lipinski definition) is 4. The highest BCUT2D eigenvalue weighted by molar-refractivity contribution is 7.13. The highest BCUT2D eigenvalue weighted by Crippen LogP contribution is 2.22. The van der Waals surface area contributed by atoms with Gasteiger partial charge in [-0.05, 0) is 25.1 Å². The highest BCUT2D eigenvalue weighted by Gasteiger charge is 2.36. The van der Waals surface area contributed by atoms with Crippen molar-refractivity contribution in [3.8, 4) is 0 Å². The molecule has 0 radical (unpaired) electrons. The first-order valence-corrected chi connectivity index (χ1v) is 7.79. The summed E-state index contributed by atoms with van der Waals surface area (Å²) in [6.45, 7) is 2.32. The molecule has 2 aromatic rings. The van der Waals surface area contributed by atoms with Gasteiger partial charge < -0.3 is 10.2 Å². The van der Waals surface area contributed by atoms with E-state index < -0.39 is 17.5 Å². The van der Waals surface area contributed by atoms with Crippen LogP contribution in [0.4, 0.5) is 13.9 Å². The second-order valence-corrected chi connectivity index (χ2v) is 6.18. The molecule has 1 aromatic heterocycles. The third-order valence-electron chi connectivity index (χ3n) is 3.56. The van der Waals surface area contributed by atoms with E-state index in [0.29, 0.717) is 5.13 Å². The van der Waals surface area contributed by atoms with E-state index in [9.17, 15) is 18.4 Å². The maximum atomic E-state index is 13.2. The van der Waals surface area contributed by atoms with E-state index in [1.165, 1.54) is 22.3 Å². The molecule has 5 nitrogen and oxygen atoms in total. The lowest BCUT2D eigenvalue weighted by atomic mass is 9.98. The number of carbonyl (C=O) groups excluding carboxylic acids is 2. The number of hydrogen-bond donors (Lipinski definition) is 1. The molecule has 3 rings (SSSR count). The summed E-state index contributed by atoms with van der Waals surface area (Å²) in [4.78, 5) is 29.7. The summed E-state index contributed by atoms with van der Waals surface area (Å²) in [5, 5.41) is 5.06. The maximum Gasteiger partial charge on any atom is 0.254 e. The van der Waals surface area contributed by atoms with Gasteiger partial charge >= 0.3 is 0 Å². The van der Waals surface area contributed by atoms with Crippen molar-refractivity contribution < 1.29 is 18.4 Å². The fourth-order valence-corrected chi connectivity index (χ4v) is 2.93. The number of carbonyl (C=O) groups is 2. The average molecular weight is 337 g/mol. The lowest BCUT2D eigenvalue weighted by molar-refractivity contribution is -0.123. The van der Waals surface area contributed by atoms with Gasteiger partial charge in [0.05, 0.1) is 11.6 Å². The Morgan fingerprint density at radius 2 is 2.04 bits per heavy atom. The SMILES string of the molecule is Cc1csc(NC(=O)C2CN(C(=O)c3ccc(F)c(F)c3)C2)n1. The quantitative estimate of drug-likeness (QED) is 0.936. The van der Waals surface area contributed by atoms with Crippen molar-refractivity contribution >= 4 is 28.3 Å². The van der Waals surface area contributed by atoms with Crippen molar-refractivity contribution in [2.45, 2.75) is 6.92 Å². The number of thiazole rings is 1. The molecular weight excluding hydrogens is 324 g/mol. The van der Waals surface area contributed by atoms with Gasteiger partial charge in [-0.2, -0.15) is 0 Å². The molecule has 0 aliphatic carbocycles. The van der Waals surface area contributed by atoms with Crippen LogP contribution in [0.3, 0.4) is 0 Å². The highest BCUT2D eigenvalue weighted by atomic mass is 32.1. The van der Waals surface area contributed by atoms with E-state index in [2.05, 4.69) is 10.3 Å². The molecule has 0 bridgehead atoms. The molecule has 2 heterocycles. The summed E-state index contributed by atoms with van der Waals surface area (Å²) >= 11 is 1.34. The van der Waals surface area contributed by atoms with Crippen molar-refractivity contribution in [3.63, 3.8) is 0 Å². The minimum atomic E-state index is -1.06. The van der Waals surface area contributed by atoms with Crippen molar-refractivity contribution in [2.75, 3.05) is 18.4 Å². The number of nitrogens with zero attached hydrogens (tertiary/aromatic N) is 2. The zero-order chi connectivity index (χ0) is 16.6. The standard InChI is InChI=1S/C15H13F2N3O2S/c1-8-7-23-15(18-8)19-13(21)10-5-20(6-10)14(22)9-2-3-11(16)12(17)4-9/h2-4,7,10H,5-6H2,1H3,(H,18,19,21). The zero-order valence-corrected chi connectivity index (χ0v) is 13.0. The van der Waals surface area contributed by atoms with Crippen molar-refractivity contribution in [2.24, 2.45) is 5.92 Å². The third-order valence-corrected chi connectivity index (χ3v) is 4.43. The molecule has 120 valence electrons. The van der Waals surface area contributed by atoms with E-state index in [-0.39, 0.29) is 30.5 Å². The second kappa shape index (κ2) is 6.04. The van der Waals surface area contributed by atoms with Gasteiger partial charge in [0.2, 0.25) is 5.91 Å². The van der Waals surface area contributed by atoms with Crippen LogP contribution in [0, 0.1) is 24.5 Å². The molecule has 0 saturated carbocycles. The Labute approximate surface area is 134 Å². The largest absolute Gasteiger partial charge is 0.337 e. The Hall–Kier alpha value is -2.35. The first-order chi connectivity index (χ1) is 10.9. The molecule has 23 heavy (non-hydrogen) atoms. The van der Waals surface area contributed by atoms with E-state index in [0.717, 1.165) is 17.8 Å². The molecule has 1 N–H and O–H groups in total. The summed E-state index contributed by atoms with van der Waals surface area (Å²) < 4.78 is 26.0. The van der Waals surface area contributed by atoms with Gasteiger partial charge in [0.1, 0.15) is 0 Å². The van der Waals surface area contributed by atoms with Crippen LogP contribution in [0.1, 0.15) is 16.1 Å². The summed E-state index contributed by atoms with van der Waals surface area (Å²) in [7, 11) is 0. The van der Waals surface area contributed by atoms with Crippen LogP contribution in [-0.2, 0) is 4.79 Å². The van der Waals surface area contributed by atoms with Gasteiger partial charge in [0.15, 0.2) is 16.8 Å². The van der Waals surface area contributed by atoms with Gasteiger partial charge in [-0.15, -0.1) is 11.3 Å². The van der Waals surface area contributed by atoms with Crippen LogP contribution in [0.15, 0.2) is 23.6 Å². The summed E-state index contributed by atoms with van der Waals surface area (Å²) in [5.41, 5.74) is 0.896. The molecule has 0 spiro atoms. The molecule has 2 amide bonds. The number of halogens is 2. The minimum Gasteiger partial charge on any atom is -0.337 e. The topological polar surface area (TPSA) is 62.3 Å². The third kappa shape index (κ3) is 3.21. The number of benzene rings is 1. The first-order valence-electron chi connectivity index (χ1n) is 6.91. The normalized spacial score (nSPS) is 14.5. The van der Waals surface area contributed by atoms with E-state index >= 15 is 0 Å². The number of anilines is 1. The zero-order valence-electron chi connectivity index (χ0n) is 12.2. The van der Waals surface area contributed by atoms with E-state index in [1.807, 2.05) is 12.3 Å². The lowest BCUT2D eigenvalue weighted by Crippen LogP contribution is -2.54. The number of aryl methyl sites for hydroxylation is 1. The molecule has 0 unspecified atom stereocenters. The van der Waals surface area contributed by atoms with Crippen molar-refractivity contribution in [1.82, 2.24) is 9.88 Å². The Morgan fingerprint density at radius 1 is 1.30 bits per heavy atom. The van der Waals surface area contributed by atoms with Gasteiger partial charge in [-0.3, -0.25) is 9.59 Å². The van der Waals surface area contributed by atoms with Crippen LogP contribution < -0.4 is 5.32 Å². The molecule has 1 aliphatic rings. The average Bonchev–Trinajstić information content (AvgIpc) is 2.85. The van der Waals surface area contributed by atoms with Crippen molar-refractivity contribution in [1.29, 1.82) is 0 Å². The van der Waals surface area contributed by atoms with Crippen LogP contribution in [-0.4, -0.2) is 34.8 Å². The monoisotopic (exact) mass is 337 g/mol. The molecule has 1 aromatic carbocycles. The Balaban J connectivity index is 1.56. The van der Waals surface area contributed by atoms with Gasteiger partial charge in [-0.25, -0.2) is 13.8 Å². The predicted molar refractivity (Wildman–Crippen MR) is 81.2 cm³/mol. The van der Waals surface area contributed by atoms with E-state index in [4.69, 9.17) is 0 Å². The van der Waals surface area contributed by atoms with Gasteiger partial charge in [-0.1, -0.05) is 0 Å². The summed E-state index contributed by atoms with van der Waals surface area (Å²) in [6, 6.07) is 3.01. The Kier molecular flexibility index (Phi) is 4.08. The number of aromatic nitrogens is 1. The second-order valence-electron chi connectivity index (χ2n) is 5.32. The summed E-state index contributed by atoms with van der Waals surface area (Å²) in [5.74, 6) is -3.01. The number of rotatable bonds is 3. The molecule has 0 atom stereocenters. The fourth-order valence-electron chi connectivity index (χ4n) is 2.24. The van der Waals surface area contributed by atoms with Crippen LogP contribution in [0.25, 0.3) is 0 Å². The first kappa shape index (κ1) is 15.5. The number of likely N-dealkylation sites (tertiary alicyclic amines) is 1. The Bertz CT molecular complexity index is 772. The molecular formula is C15H13F2N3O2S.